The molecule has 0 aromatic heterocycles. The average Bonchev–Trinajstić information content (AvgIpc) is 2.42. The molecule has 15 heavy (non-hydrogen) atoms. The van der Waals surface area contributed by atoms with Gasteiger partial charge in [-0.1, -0.05) is 31.1 Å². The van der Waals surface area contributed by atoms with E-state index in [1.165, 1.54) is 17.4 Å². The molecule has 1 aliphatic carbocycles. The molecule has 1 N–H and O–H groups in total. The summed E-state index contributed by atoms with van der Waals surface area (Å²) in [6.45, 7) is 4.29. The Kier molecular flexibility index (Phi) is 4.86. The van der Waals surface area contributed by atoms with Gasteiger partial charge in [0.15, 0.2) is 0 Å². The van der Waals surface area contributed by atoms with Crippen LogP contribution in [0.4, 0.5) is 0 Å². The van der Waals surface area contributed by atoms with E-state index < -0.39 is 0 Å². The monoisotopic (exact) mass is 201 g/mol. The number of nitrogens with one attached hydrogen (secondary N) is 1. The number of hydrogen-bond acceptors (Lipinski definition) is 1. The molecular formula is C14H19N. The molecule has 0 radical (unpaired) electrons. The second-order valence-corrected chi connectivity index (χ2v) is 4.00. The average molecular weight is 201 g/mol. The van der Waals surface area contributed by atoms with Crippen LogP contribution < -0.4 is 0 Å². The molecule has 1 aliphatic rings. The van der Waals surface area contributed by atoms with Crippen LogP contribution in [0.5, 0.6) is 0 Å². The summed E-state index contributed by atoms with van der Waals surface area (Å²) in [6.07, 6.45) is 12.8. The minimum Gasteiger partial charge on any atom is -0.313 e. The van der Waals surface area contributed by atoms with E-state index in [9.17, 15) is 0 Å². The summed E-state index contributed by atoms with van der Waals surface area (Å²) in [6, 6.07) is 0. The molecule has 1 atom stereocenters. The van der Waals surface area contributed by atoms with Crippen molar-refractivity contribution in [2.45, 2.75) is 33.1 Å². The zero-order valence-electron chi connectivity index (χ0n) is 9.59. The smallest absolute Gasteiger partial charge is 0.00449 e. The third-order valence-electron chi connectivity index (χ3n) is 2.66. The second-order valence-electron chi connectivity index (χ2n) is 4.00. The Bertz CT molecular complexity index is 338. The first kappa shape index (κ1) is 11.7. The Hall–Kier alpha value is -1.33. The zero-order valence-corrected chi connectivity index (χ0v) is 9.59. The minimum atomic E-state index is 0.584. The van der Waals surface area contributed by atoms with E-state index in [-0.39, 0.29) is 0 Å². The molecule has 1 nitrogen and oxygen atoms in total. The SMILES string of the molecule is CCC(CC=N)CC1=C=CC=CC(C)=C1. The van der Waals surface area contributed by atoms with Crippen molar-refractivity contribution in [3.63, 3.8) is 0 Å². The van der Waals surface area contributed by atoms with Crippen LogP contribution in [0.3, 0.4) is 0 Å². The van der Waals surface area contributed by atoms with Crippen LogP contribution in [0.2, 0.25) is 0 Å². The summed E-state index contributed by atoms with van der Waals surface area (Å²) in [5.74, 6) is 0.584. The lowest BCUT2D eigenvalue weighted by atomic mass is 9.94. The van der Waals surface area contributed by atoms with E-state index >= 15 is 0 Å². The van der Waals surface area contributed by atoms with E-state index in [1.54, 1.807) is 0 Å². The maximum Gasteiger partial charge on any atom is -0.00449 e. The predicted octanol–water partition coefficient (Wildman–Crippen LogP) is 4.04. The van der Waals surface area contributed by atoms with Gasteiger partial charge in [-0.2, -0.15) is 0 Å². The van der Waals surface area contributed by atoms with Gasteiger partial charge in [0.25, 0.3) is 0 Å². The van der Waals surface area contributed by atoms with Crippen LogP contribution >= 0.6 is 0 Å². The summed E-state index contributed by atoms with van der Waals surface area (Å²) < 4.78 is 0. The lowest BCUT2D eigenvalue weighted by Crippen LogP contribution is -2.00. The molecule has 0 aromatic carbocycles. The highest BCUT2D eigenvalue weighted by Crippen LogP contribution is 2.20. The standard InChI is InChI=1S/C14H19N/c1-3-13(8-9-15)11-14-7-5-4-6-12(2)10-14/h4-6,9-10,13,15H,3,8,11H2,1-2H3. The van der Waals surface area contributed by atoms with Crippen molar-refractivity contribution in [3.05, 3.63) is 41.2 Å². The second kappa shape index (κ2) is 6.21. The molecule has 0 bridgehead atoms. The molecule has 0 heterocycles. The molecule has 1 rings (SSSR count). The fourth-order valence-electron chi connectivity index (χ4n) is 1.71. The summed E-state index contributed by atoms with van der Waals surface area (Å²) >= 11 is 0. The van der Waals surface area contributed by atoms with Crippen molar-refractivity contribution in [1.82, 2.24) is 0 Å². The van der Waals surface area contributed by atoms with Gasteiger partial charge in [0, 0.05) is 0 Å². The molecule has 80 valence electrons. The summed E-state index contributed by atoms with van der Waals surface area (Å²) in [4.78, 5) is 0. The third kappa shape index (κ3) is 4.14. The molecule has 1 unspecified atom stereocenters. The van der Waals surface area contributed by atoms with Crippen LogP contribution in [-0.2, 0) is 0 Å². The molecule has 0 amide bonds. The molecule has 0 saturated heterocycles. The molecule has 0 spiro atoms. The topological polar surface area (TPSA) is 23.9 Å². The van der Waals surface area contributed by atoms with Crippen molar-refractivity contribution >= 4 is 6.21 Å². The highest BCUT2D eigenvalue weighted by molar-refractivity contribution is 5.53. The van der Waals surface area contributed by atoms with Gasteiger partial charge in [-0.15, -0.1) is 5.73 Å². The quantitative estimate of drug-likeness (QED) is 0.513. The van der Waals surface area contributed by atoms with Crippen molar-refractivity contribution in [1.29, 1.82) is 5.41 Å². The Balaban J connectivity index is 2.68. The van der Waals surface area contributed by atoms with Gasteiger partial charge in [0.2, 0.25) is 0 Å². The number of hydrogen-bond donors (Lipinski definition) is 1. The maximum atomic E-state index is 7.15. The van der Waals surface area contributed by atoms with Gasteiger partial charge < -0.3 is 5.41 Å². The van der Waals surface area contributed by atoms with Gasteiger partial charge >= 0.3 is 0 Å². The zero-order chi connectivity index (χ0) is 11.1. The number of allylic oxidation sites excluding steroid dienone is 5. The minimum absolute atomic E-state index is 0.584. The van der Waals surface area contributed by atoms with Crippen LogP contribution in [-0.4, -0.2) is 6.21 Å². The van der Waals surface area contributed by atoms with Crippen LogP contribution in [0.25, 0.3) is 0 Å². The highest BCUT2D eigenvalue weighted by Gasteiger charge is 2.06. The third-order valence-corrected chi connectivity index (χ3v) is 2.66. The first-order valence-electron chi connectivity index (χ1n) is 5.55. The van der Waals surface area contributed by atoms with E-state index in [1.807, 2.05) is 12.2 Å². The van der Waals surface area contributed by atoms with Crippen molar-refractivity contribution in [3.8, 4) is 0 Å². The first-order valence-corrected chi connectivity index (χ1v) is 5.55. The molecule has 1 heteroatoms. The van der Waals surface area contributed by atoms with Gasteiger partial charge in [-0.3, -0.25) is 0 Å². The fraction of sp³-hybridized carbons (Fsp3) is 0.429. The Labute approximate surface area is 92.4 Å². The number of rotatable bonds is 5. The predicted molar refractivity (Wildman–Crippen MR) is 66.3 cm³/mol. The molecule has 0 aromatic rings. The van der Waals surface area contributed by atoms with Crippen molar-refractivity contribution < 1.29 is 0 Å². The van der Waals surface area contributed by atoms with Crippen molar-refractivity contribution in [2.24, 2.45) is 5.92 Å². The van der Waals surface area contributed by atoms with Gasteiger partial charge in [0.1, 0.15) is 0 Å². The van der Waals surface area contributed by atoms with Gasteiger partial charge in [-0.05, 0) is 49.6 Å². The van der Waals surface area contributed by atoms with E-state index in [0.29, 0.717) is 5.92 Å². The van der Waals surface area contributed by atoms with E-state index in [0.717, 1.165) is 19.3 Å². The molecule has 0 aliphatic heterocycles. The summed E-state index contributed by atoms with van der Waals surface area (Å²) in [7, 11) is 0. The molecule has 0 fully saturated rings. The molecule has 0 saturated carbocycles. The van der Waals surface area contributed by atoms with Crippen LogP contribution in [0, 0.1) is 11.3 Å². The van der Waals surface area contributed by atoms with Crippen molar-refractivity contribution in [2.75, 3.05) is 0 Å². The van der Waals surface area contributed by atoms with Gasteiger partial charge in [-0.25, -0.2) is 0 Å². The lowest BCUT2D eigenvalue weighted by Gasteiger charge is -2.11. The maximum absolute atomic E-state index is 7.15. The Morgan fingerprint density at radius 2 is 2.33 bits per heavy atom. The largest absolute Gasteiger partial charge is 0.313 e. The van der Waals surface area contributed by atoms with Gasteiger partial charge in [0.05, 0.1) is 0 Å². The normalized spacial score (nSPS) is 16.7. The Morgan fingerprint density at radius 3 is 3.00 bits per heavy atom. The van der Waals surface area contributed by atoms with Crippen LogP contribution in [0.15, 0.2) is 41.2 Å². The highest BCUT2D eigenvalue weighted by atomic mass is 14.3. The van der Waals surface area contributed by atoms with E-state index in [4.69, 9.17) is 5.41 Å². The van der Waals surface area contributed by atoms with Crippen LogP contribution in [0.1, 0.15) is 33.1 Å². The summed E-state index contributed by atoms with van der Waals surface area (Å²) in [5, 5.41) is 7.15. The fourth-order valence-corrected chi connectivity index (χ4v) is 1.71. The lowest BCUT2D eigenvalue weighted by molar-refractivity contribution is 0.532. The first-order chi connectivity index (χ1) is 7.26. The molecular weight excluding hydrogens is 182 g/mol. The van der Waals surface area contributed by atoms with E-state index in [2.05, 4.69) is 31.7 Å². The Morgan fingerprint density at radius 1 is 1.53 bits per heavy atom. The summed E-state index contributed by atoms with van der Waals surface area (Å²) in [5.41, 5.74) is 5.82.